The molecule has 4 aromatic rings. The zero-order valence-electron chi connectivity index (χ0n) is 18.4. The topological polar surface area (TPSA) is 108 Å². The predicted molar refractivity (Wildman–Crippen MR) is 125 cm³/mol. The van der Waals surface area contributed by atoms with Gasteiger partial charge in [0.2, 0.25) is 0 Å². The number of thiophene rings is 1. The van der Waals surface area contributed by atoms with Crippen LogP contribution in [0.2, 0.25) is 0 Å². The highest BCUT2D eigenvalue weighted by Crippen LogP contribution is 2.37. The minimum absolute atomic E-state index is 0.0162. The number of nitrogens with one attached hydrogen (secondary N) is 1. The van der Waals surface area contributed by atoms with Crippen molar-refractivity contribution in [2.75, 3.05) is 7.05 Å². The van der Waals surface area contributed by atoms with E-state index in [1.54, 1.807) is 19.3 Å². The molecule has 3 N–H and O–H groups in total. The Morgan fingerprint density at radius 3 is 2.73 bits per heavy atom. The van der Waals surface area contributed by atoms with Gasteiger partial charge in [0, 0.05) is 35.3 Å². The Kier molecular flexibility index (Phi) is 6.21. The van der Waals surface area contributed by atoms with E-state index in [0.29, 0.717) is 17.8 Å². The van der Waals surface area contributed by atoms with Crippen LogP contribution in [0.5, 0.6) is 0 Å². The van der Waals surface area contributed by atoms with Crippen molar-refractivity contribution >= 4 is 17.2 Å². The molecule has 1 amide bonds. The standard InChI is InChI=1S/C23H23FN6O2S/c1-13(19-6-7-20(33-19)18-8-15(24)5-4-14(18)10-26-2)17-9-21(31)30(28-22(17)23(25)32)16-11-27-29(3)12-16/h4-9,11-13,26H,10H2,1-3H3,(H2,25,32)/t13-/m1/s1. The zero-order valence-corrected chi connectivity index (χ0v) is 19.2. The monoisotopic (exact) mass is 466 g/mol. The van der Waals surface area contributed by atoms with E-state index in [2.05, 4.69) is 15.5 Å². The van der Waals surface area contributed by atoms with Gasteiger partial charge in [0.1, 0.15) is 11.5 Å². The smallest absolute Gasteiger partial charge is 0.271 e. The van der Waals surface area contributed by atoms with Crippen molar-refractivity contribution < 1.29 is 9.18 Å². The number of nitrogens with zero attached hydrogens (tertiary/aromatic N) is 4. The van der Waals surface area contributed by atoms with Gasteiger partial charge in [0.15, 0.2) is 5.69 Å². The summed E-state index contributed by atoms with van der Waals surface area (Å²) >= 11 is 1.47. The van der Waals surface area contributed by atoms with Crippen molar-refractivity contribution in [2.45, 2.75) is 19.4 Å². The van der Waals surface area contributed by atoms with Crippen molar-refractivity contribution in [2.24, 2.45) is 12.8 Å². The number of aromatic nitrogens is 4. The number of amides is 1. The highest BCUT2D eigenvalue weighted by atomic mass is 32.1. The molecule has 1 aromatic carbocycles. The Morgan fingerprint density at radius 2 is 2.06 bits per heavy atom. The van der Waals surface area contributed by atoms with Gasteiger partial charge in [-0.3, -0.25) is 14.3 Å². The van der Waals surface area contributed by atoms with E-state index < -0.39 is 11.5 Å². The first-order chi connectivity index (χ1) is 15.8. The summed E-state index contributed by atoms with van der Waals surface area (Å²) < 4.78 is 16.6. The molecule has 1 atom stereocenters. The van der Waals surface area contributed by atoms with Crippen molar-refractivity contribution in [3.8, 4) is 16.1 Å². The van der Waals surface area contributed by atoms with Crippen LogP contribution in [0, 0.1) is 5.82 Å². The molecule has 0 aliphatic carbocycles. The summed E-state index contributed by atoms with van der Waals surface area (Å²) in [5.41, 5.74) is 7.88. The number of rotatable bonds is 7. The van der Waals surface area contributed by atoms with Crippen LogP contribution in [0.25, 0.3) is 16.1 Å². The van der Waals surface area contributed by atoms with Crippen LogP contribution in [0.15, 0.2) is 53.6 Å². The number of halogens is 1. The first-order valence-electron chi connectivity index (χ1n) is 10.2. The van der Waals surface area contributed by atoms with Gasteiger partial charge in [0.25, 0.3) is 11.5 Å². The Morgan fingerprint density at radius 1 is 1.27 bits per heavy atom. The summed E-state index contributed by atoms with van der Waals surface area (Å²) in [6.07, 6.45) is 3.10. The third-order valence-corrected chi connectivity index (χ3v) is 6.66. The van der Waals surface area contributed by atoms with Crippen LogP contribution in [0.4, 0.5) is 4.39 Å². The minimum Gasteiger partial charge on any atom is -0.364 e. The highest BCUT2D eigenvalue weighted by molar-refractivity contribution is 7.15. The Bertz CT molecular complexity index is 1390. The van der Waals surface area contributed by atoms with Crippen LogP contribution < -0.4 is 16.6 Å². The number of carbonyl (C=O) groups is 1. The molecule has 0 radical (unpaired) electrons. The molecule has 0 aliphatic rings. The molecule has 3 heterocycles. The fourth-order valence-corrected chi connectivity index (χ4v) is 4.83. The average molecular weight is 467 g/mol. The Balaban J connectivity index is 1.75. The molecule has 0 aliphatic heterocycles. The van der Waals surface area contributed by atoms with Gasteiger partial charge in [-0.15, -0.1) is 11.3 Å². The number of carbonyl (C=O) groups excluding carboxylic acids is 1. The number of nitrogens with two attached hydrogens (primary N) is 1. The molecule has 0 unspecified atom stereocenters. The summed E-state index contributed by atoms with van der Waals surface area (Å²) in [7, 11) is 3.55. The summed E-state index contributed by atoms with van der Waals surface area (Å²) in [6, 6.07) is 9.93. The molecular weight excluding hydrogens is 443 g/mol. The molecule has 10 heteroatoms. The van der Waals surface area contributed by atoms with Crippen LogP contribution >= 0.6 is 11.3 Å². The molecule has 170 valence electrons. The molecule has 8 nitrogen and oxygen atoms in total. The lowest BCUT2D eigenvalue weighted by atomic mass is 9.98. The minimum atomic E-state index is -0.729. The molecule has 0 bridgehead atoms. The Labute approximate surface area is 193 Å². The van der Waals surface area contributed by atoms with Gasteiger partial charge >= 0.3 is 0 Å². The quantitative estimate of drug-likeness (QED) is 0.436. The van der Waals surface area contributed by atoms with Crippen LogP contribution in [-0.4, -0.2) is 32.5 Å². The summed E-state index contributed by atoms with van der Waals surface area (Å²) in [4.78, 5) is 26.8. The van der Waals surface area contributed by atoms with Crippen molar-refractivity contribution in [3.05, 3.63) is 86.7 Å². The number of hydrogen-bond donors (Lipinski definition) is 2. The third kappa shape index (κ3) is 4.48. The van der Waals surface area contributed by atoms with Crippen molar-refractivity contribution in [3.63, 3.8) is 0 Å². The van der Waals surface area contributed by atoms with Gasteiger partial charge in [-0.1, -0.05) is 13.0 Å². The molecule has 33 heavy (non-hydrogen) atoms. The predicted octanol–water partition coefficient (Wildman–Crippen LogP) is 2.80. The second kappa shape index (κ2) is 9.08. The normalized spacial score (nSPS) is 12.1. The maximum atomic E-state index is 14.0. The van der Waals surface area contributed by atoms with Gasteiger partial charge in [0.05, 0.1) is 12.4 Å². The molecule has 0 saturated carbocycles. The van der Waals surface area contributed by atoms with Crippen LogP contribution in [0.1, 0.15) is 39.3 Å². The van der Waals surface area contributed by atoms with Crippen molar-refractivity contribution in [1.29, 1.82) is 0 Å². The lowest BCUT2D eigenvalue weighted by Crippen LogP contribution is -2.28. The maximum absolute atomic E-state index is 14.0. The summed E-state index contributed by atoms with van der Waals surface area (Å²) in [5, 5.41) is 11.4. The fourth-order valence-electron chi connectivity index (χ4n) is 3.70. The number of benzene rings is 1. The second-order valence-electron chi connectivity index (χ2n) is 7.69. The van der Waals surface area contributed by atoms with E-state index >= 15 is 0 Å². The largest absolute Gasteiger partial charge is 0.364 e. The van der Waals surface area contributed by atoms with Crippen molar-refractivity contribution in [1.82, 2.24) is 24.9 Å². The third-order valence-electron chi connectivity index (χ3n) is 5.36. The number of aryl methyl sites for hydroxylation is 1. The molecular formula is C23H23FN6O2S. The highest BCUT2D eigenvalue weighted by Gasteiger charge is 2.22. The molecule has 0 spiro atoms. The molecule has 4 rings (SSSR count). The van der Waals surface area contributed by atoms with Gasteiger partial charge in [-0.25, -0.2) is 4.39 Å². The molecule has 0 fully saturated rings. The summed E-state index contributed by atoms with van der Waals surface area (Å²) in [5.74, 6) is -1.36. The fraction of sp³-hybridized carbons (Fsp3) is 0.217. The van der Waals surface area contributed by atoms with E-state index in [1.807, 2.05) is 26.1 Å². The van der Waals surface area contributed by atoms with Gasteiger partial charge in [-0.2, -0.15) is 14.9 Å². The van der Waals surface area contributed by atoms with E-state index in [-0.39, 0.29) is 17.4 Å². The van der Waals surface area contributed by atoms with Crippen LogP contribution in [0.3, 0.4) is 0 Å². The maximum Gasteiger partial charge on any atom is 0.271 e. The average Bonchev–Trinajstić information content (AvgIpc) is 3.43. The second-order valence-corrected chi connectivity index (χ2v) is 8.81. The molecule has 0 saturated heterocycles. The van der Waals surface area contributed by atoms with Gasteiger partial charge < -0.3 is 11.1 Å². The van der Waals surface area contributed by atoms with E-state index in [1.165, 1.54) is 40.4 Å². The van der Waals surface area contributed by atoms with E-state index in [0.717, 1.165) is 25.6 Å². The lowest BCUT2D eigenvalue weighted by molar-refractivity contribution is 0.0992. The first kappa shape index (κ1) is 22.6. The summed E-state index contributed by atoms with van der Waals surface area (Å²) in [6.45, 7) is 2.48. The van der Waals surface area contributed by atoms with E-state index in [9.17, 15) is 14.0 Å². The SMILES string of the molecule is CNCc1ccc(F)cc1-c1ccc([C@H](C)c2cc(=O)n(-c3cnn(C)c3)nc2C(N)=O)s1. The van der Waals surface area contributed by atoms with Gasteiger partial charge in [-0.05, 0) is 48.0 Å². The number of hydrogen-bond acceptors (Lipinski definition) is 6. The molecule has 3 aromatic heterocycles. The van der Waals surface area contributed by atoms with Crippen LogP contribution in [-0.2, 0) is 13.6 Å². The number of primary amides is 1. The Hall–Kier alpha value is -3.63. The lowest BCUT2D eigenvalue weighted by Gasteiger charge is -2.14. The zero-order chi connectivity index (χ0) is 23.7. The first-order valence-corrected chi connectivity index (χ1v) is 11.1. The van der Waals surface area contributed by atoms with E-state index in [4.69, 9.17) is 5.73 Å².